The molecule has 0 radical (unpaired) electrons. The molecule has 0 aliphatic carbocycles. The lowest BCUT2D eigenvalue weighted by Gasteiger charge is -2.20. The molecule has 2 nitrogen and oxygen atoms in total. The number of unbranched alkanes of at least 4 members (excludes halogenated alkanes) is 3. The van der Waals surface area contributed by atoms with Gasteiger partial charge >= 0.3 is 0 Å². The van der Waals surface area contributed by atoms with Gasteiger partial charge in [-0.2, -0.15) is 0 Å². The van der Waals surface area contributed by atoms with Gasteiger partial charge in [0.25, 0.3) is 0 Å². The molecule has 0 aromatic heterocycles. The van der Waals surface area contributed by atoms with E-state index >= 15 is 0 Å². The monoisotopic (exact) mass is 340 g/mol. The van der Waals surface area contributed by atoms with E-state index in [1.165, 1.54) is 43.2 Å². The Balaban J connectivity index is 1.96. The number of phenolic OH excluding ortho intramolecular Hbond substituents is 2. The molecule has 0 saturated heterocycles. The molecule has 0 fully saturated rings. The average molecular weight is 341 g/mol. The molecule has 2 heteroatoms. The topological polar surface area (TPSA) is 40.5 Å². The van der Waals surface area contributed by atoms with E-state index in [1.54, 1.807) is 24.3 Å². The summed E-state index contributed by atoms with van der Waals surface area (Å²) in [7, 11) is 0. The van der Waals surface area contributed by atoms with Crippen LogP contribution in [0.2, 0.25) is 0 Å². The van der Waals surface area contributed by atoms with Crippen LogP contribution in [0.15, 0.2) is 48.5 Å². The van der Waals surface area contributed by atoms with Crippen LogP contribution < -0.4 is 0 Å². The Morgan fingerprint density at radius 3 is 1.80 bits per heavy atom. The van der Waals surface area contributed by atoms with Crippen LogP contribution in [0.4, 0.5) is 0 Å². The second-order valence-corrected chi connectivity index (χ2v) is 7.21. The molecule has 2 atom stereocenters. The average Bonchev–Trinajstić information content (AvgIpc) is 2.62. The zero-order chi connectivity index (χ0) is 18.1. The standard InChI is InChI=1S/C23H32O2/c1-3-4-5-6-7-20(21-12-16-23(25)17-13-21)9-8-18(2)19-10-14-22(24)15-11-19/h10-18,20,24-25H,3-9H2,1-2H3. The van der Waals surface area contributed by atoms with Gasteiger partial charge in [-0.15, -0.1) is 0 Å². The lowest BCUT2D eigenvalue weighted by atomic mass is 9.85. The van der Waals surface area contributed by atoms with Crippen molar-refractivity contribution >= 4 is 0 Å². The summed E-state index contributed by atoms with van der Waals surface area (Å²) in [6.45, 7) is 4.51. The molecule has 0 aliphatic heterocycles. The Hall–Kier alpha value is -1.96. The van der Waals surface area contributed by atoms with Gasteiger partial charge in [-0.1, -0.05) is 63.8 Å². The first-order valence-electron chi connectivity index (χ1n) is 9.68. The Bertz CT molecular complexity index is 601. The van der Waals surface area contributed by atoms with E-state index < -0.39 is 0 Å². The van der Waals surface area contributed by atoms with Gasteiger partial charge in [-0.3, -0.25) is 0 Å². The van der Waals surface area contributed by atoms with Crippen LogP contribution in [-0.4, -0.2) is 10.2 Å². The maximum Gasteiger partial charge on any atom is 0.115 e. The largest absolute Gasteiger partial charge is 0.508 e. The van der Waals surface area contributed by atoms with Crippen LogP contribution in [0.3, 0.4) is 0 Å². The first kappa shape index (κ1) is 19.4. The van der Waals surface area contributed by atoms with Gasteiger partial charge in [0, 0.05) is 0 Å². The fourth-order valence-corrected chi connectivity index (χ4v) is 3.46. The van der Waals surface area contributed by atoms with Gasteiger partial charge in [-0.05, 0) is 66.5 Å². The third-order valence-corrected chi connectivity index (χ3v) is 5.18. The molecule has 0 spiro atoms. The van der Waals surface area contributed by atoms with Crippen molar-refractivity contribution in [2.75, 3.05) is 0 Å². The maximum absolute atomic E-state index is 9.55. The lowest BCUT2D eigenvalue weighted by molar-refractivity contribution is 0.470. The molecule has 2 rings (SSSR count). The summed E-state index contributed by atoms with van der Waals surface area (Å²) < 4.78 is 0. The number of benzene rings is 2. The number of aromatic hydroxyl groups is 2. The molecule has 0 bridgehead atoms. The first-order valence-corrected chi connectivity index (χ1v) is 9.68. The van der Waals surface area contributed by atoms with Crippen molar-refractivity contribution in [1.82, 2.24) is 0 Å². The van der Waals surface area contributed by atoms with E-state index in [0.29, 0.717) is 23.3 Å². The fourth-order valence-electron chi connectivity index (χ4n) is 3.46. The molecule has 2 N–H and O–H groups in total. The van der Waals surface area contributed by atoms with Crippen LogP contribution >= 0.6 is 0 Å². The minimum absolute atomic E-state index is 0.328. The second-order valence-electron chi connectivity index (χ2n) is 7.21. The number of hydrogen-bond donors (Lipinski definition) is 2. The van der Waals surface area contributed by atoms with Crippen molar-refractivity contribution in [3.8, 4) is 11.5 Å². The van der Waals surface area contributed by atoms with Crippen molar-refractivity contribution in [2.45, 2.75) is 70.6 Å². The van der Waals surface area contributed by atoms with Gasteiger partial charge in [0.1, 0.15) is 11.5 Å². The van der Waals surface area contributed by atoms with Crippen LogP contribution in [0.25, 0.3) is 0 Å². The van der Waals surface area contributed by atoms with Crippen LogP contribution in [0.1, 0.15) is 81.8 Å². The smallest absolute Gasteiger partial charge is 0.115 e. The molecular formula is C23H32O2. The predicted octanol–water partition coefficient (Wildman–Crippen LogP) is 6.74. The summed E-state index contributed by atoms with van der Waals surface area (Å²) in [5.74, 6) is 1.70. The Kier molecular flexibility index (Phi) is 7.84. The predicted molar refractivity (Wildman–Crippen MR) is 105 cm³/mol. The van der Waals surface area contributed by atoms with Crippen molar-refractivity contribution in [3.63, 3.8) is 0 Å². The molecule has 0 amide bonds. The summed E-state index contributed by atoms with van der Waals surface area (Å²) in [6, 6.07) is 15.3. The Morgan fingerprint density at radius 2 is 1.24 bits per heavy atom. The Labute approximate surface area is 152 Å². The fraction of sp³-hybridized carbons (Fsp3) is 0.478. The molecule has 2 aromatic carbocycles. The third-order valence-electron chi connectivity index (χ3n) is 5.18. The highest BCUT2D eigenvalue weighted by atomic mass is 16.3. The van der Waals surface area contributed by atoms with E-state index in [9.17, 15) is 10.2 Å². The highest BCUT2D eigenvalue weighted by Crippen LogP contribution is 2.32. The van der Waals surface area contributed by atoms with E-state index in [0.717, 1.165) is 12.8 Å². The molecular weight excluding hydrogens is 308 g/mol. The maximum atomic E-state index is 9.55. The molecule has 2 aromatic rings. The number of rotatable bonds is 10. The molecule has 0 aliphatic rings. The summed E-state index contributed by atoms with van der Waals surface area (Å²) in [5.41, 5.74) is 2.63. The lowest BCUT2D eigenvalue weighted by Crippen LogP contribution is -2.03. The first-order chi connectivity index (χ1) is 12.1. The van der Waals surface area contributed by atoms with E-state index in [2.05, 4.69) is 26.0 Å². The summed E-state index contributed by atoms with van der Waals surface area (Å²) in [4.78, 5) is 0. The van der Waals surface area contributed by atoms with Crippen molar-refractivity contribution in [3.05, 3.63) is 59.7 Å². The molecule has 2 unspecified atom stereocenters. The van der Waals surface area contributed by atoms with Gasteiger partial charge in [0.2, 0.25) is 0 Å². The van der Waals surface area contributed by atoms with Crippen LogP contribution in [0.5, 0.6) is 11.5 Å². The highest BCUT2D eigenvalue weighted by Gasteiger charge is 2.14. The third kappa shape index (κ3) is 6.45. The summed E-state index contributed by atoms with van der Waals surface area (Å²) in [5, 5.41) is 19.0. The van der Waals surface area contributed by atoms with Gasteiger partial charge < -0.3 is 10.2 Å². The number of phenols is 2. The Morgan fingerprint density at radius 1 is 0.680 bits per heavy atom. The van der Waals surface area contributed by atoms with E-state index in [1.807, 2.05) is 12.1 Å². The van der Waals surface area contributed by atoms with Gasteiger partial charge in [0.15, 0.2) is 0 Å². The molecule has 25 heavy (non-hydrogen) atoms. The van der Waals surface area contributed by atoms with E-state index in [-0.39, 0.29) is 0 Å². The molecule has 0 saturated carbocycles. The molecule has 0 heterocycles. The van der Waals surface area contributed by atoms with Gasteiger partial charge in [-0.25, -0.2) is 0 Å². The van der Waals surface area contributed by atoms with Crippen molar-refractivity contribution in [1.29, 1.82) is 0 Å². The zero-order valence-corrected chi connectivity index (χ0v) is 15.6. The second kappa shape index (κ2) is 10.1. The quantitative estimate of drug-likeness (QED) is 0.470. The SMILES string of the molecule is CCCCCCC(CCC(C)c1ccc(O)cc1)c1ccc(O)cc1. The van der Waals surface area contributed by atoms with Crippen LogP contribution in [0, 0.1) is 0 Å². The zero-order valence-electron chi connectivity index (χ0n) is 15.6. The normalized spacial score (nSPS) is 13.5. The van der Waals surface area contributed by atoms with Gasteiger partial charge in [0.05, 0.1) is 0 Å². The van der Waals surface area contributed by atoms with E-state index in [4.69, 9.17) is 0 Å². The summed E-state index contributed by atoms with van der Waals surface area (Å²) in [6.07, 6.45) is 8.65. The molecule has 136 valence electrons. The van der Waals surface area contributed by atoms with Crippen molar-refractivity contribution < 1.29 is 10.2 Å². The minimum Gasteiger partial charge on any atom is -0.508 e. The van der Waals surface area contributed by atoms with Crippen molar-refractivity contribution in [2.24, 2.45) is 0 Å². The summed E-state index contributed by atoms with van der Waals surface area (Å²) >= 11 is 0. The number of hydrogen-bond acceptors (Lipinski definition) is 2. The minimum atomic E-state index is 0.328. The van der Waals surface area contributed by atoms with Crippen LogP contribution in [-0.2, 0) is 0 Å². The highest BCUT2D eigenvalue weighted by molar-refractivity contribution is 5.29.